The molecule has 3 rings (SSSR count). The van der Waals surface area contributed by atoms with E-state index < -0.39 is 11.9 Å². The van der Waals surface area contributed by atoms with Crippen molar-refractivity contribution in [2.75, 3.05) is 13.9 Å². The number of aliphatic hydroxyl groups excluding tert-OH is 1. The molecule has 0 heterocycles. The molecule has 0 aromatic heterocycles. The maximum atomic E-state index is 12.6. The number of carbonyl (C=O) groups excluding carboxylic acids is 2. The smallest absolute Gasteiger partial charge is 0.343 e. The van der Waals surface area contributed by atoms with Crippen LogP contribution in [0.15, 0.2) is 66.7 Å². The molecule has 7 heteroatoms. The molecule has 0 atom stereocenters. The van der Waals surface area contributed by atoms with E-state index >= 15 is 0 Å². The standard InChI is InChI=1S/C24H22O7/c1-15(2)23(26)30-14-29-21-7-6-16-10-18(5-4-17(16)11-21)24(27)31-22-9-8-20(28-3)12-19(22)13-25/h4-12,25H,1,13-14H2,2-3H3. The van der Waals surface area contributed by atoms with Crippen LogP contribution in [-0.4, -0.2) is 30.9 Å². The number of hydrogen-bond acceptors (Lipinski definition) is 7. The lowest BCUT2D eigenvalue weighted by Gasteiger charge is -2.11. The highest BCUT2D eigenvalue weighted by Gasteiger charge is 2.13. The van der Waals surface area contributed by atoms with Crippen molar-refractivity contribution in [3.63, 3.8) is 0 Å². The van der Waals surface area contributed by atoms with Gasteiger partial charge in [0.1, 0.15) is 17.2 Å². The third-order valence-electron chi connectivity index (χ3n) is 4.45. The van der Waals surface area contributed by atoms with Gasteiger partial charge in [-0.05, 0) is 60.2 Å². The topological polar surface area (TPSA) is 91.3 Å². The average molecular weight is 422 g/mol. The van der Waals surface area contributed by atoms with Crippen LogP contribution in [0.5, 0.6) is 17.2 Å². The molecule has 0 saturated carbocycles. The van der Waals surface area contributed by atoms with Gasteiger partial charge in [0.15, 0.2) is 0 Å². The lowest BCUT2D eigenvalue weighted by Crippen LogP contribution is -2.10. The Labute approximate surface area is 179 Å². The van der Waals surface area contributed by atoms with Crippen LogP contribution in [0.4, 0.5) is 0 Å². The van der Waals surface area contributed by atoms with Crippen LogP contribution >= 0.6 is 0 Å². The van der Waals surface area contributed by atoms with Crippen molar-refractivity contribution < 1.29 is 33.6 Å². The quantitative estimate of drug-likeness (QED) is 0.254. The first-order valence-electron chi connectivity index (χ1n) is 9.40. The van der Waals surface area contributed by atoms with Crippen molar-refractivity contribution in [2.24, 2.45) is 0 Å². The number of fused-ring (bicyclic) bond motifs is 1. The maximum absolute atomic E-state index is 12.6. The van der Waals surface area contributed by atoms with E-state index in [1.807, 2.05) is 0 Å². The predicted octanol–water partition coefficient (Wildman–Crippen LogP) is 4.02. The van der Waals surface area contributed by atoms with Gasteiger partial charge in [-0.1, -0.05) is 18.7 Å². The predicted molar refractivity (Wildman–Crippen MR) is 114 cm³/mol. The van der Waals surface area contributed by atoms with E-state index in [1.165, 1.54) is 7.11 Å². The van der Waals surface area contributed by atoms with E-state index in [0.717, 1.165) is 10.8 Å². The normalized spacial score (nSPS) is 10.4. The molecular formula is C24H22O7. The zero-order valence-electron chi connectivity index (χ0n) is 17.2. The Morgan fingerprint density at radius 2 is 1.68 bits per heavy atom. The second-order valence-corrected chi connectivity index (χ2v) is 6.72. The second kappa shape index (κ2) is 9.77. The number of ether oxygens (including phenoxy) is 4. The highest BCUT2D eigenvalue weighted by Crippen LogP contribution is 2.26. The van der Waals surface area contributed by atoms with Gasteiger partial charge in [0.25, 0.3) is 0 Å². The molecule has 0 bridgehead atoms. The summed E-state index contributed by atoms with van der Waals surface area (Å²) in [5.74, 6) is 0.269. The van der Waals surface area contributed by atoms with Crippen LogP contribution in [-0.2, 0) is 16.1 Å². The van der Waals surface area contributed by atoms with Crippen LogP contribution in [0.2, 0.25) is 0 Å². The Bertz CT molecular complexity index is 1130. The number of aliphatic hydroxyl groups is 1. The first-order valence-corrected chi connectivity index (χ1v) is 9.40. The third-order valence-corrected chi connectivity index (χ3v) is 4.45. The van der Waals surface area contributed by atoms with Crippen LogP contribution in [0.1, 0.15) is 22.8 Å². The molecule has 3 aromatic rings. The minimum atomic E-state index is -0.547. The molecule has 3 aromatic carbocycles. The molecule has 0 saturated heterocycles. The fraction of sp³-hybridized carbons (Fsp3) is 0.167. The third kappa shape index (κ3) is 5.40. The molecule has 7 nitrogen and oxygen atoms in total. The van der Waals surface area contributed by atoms with Crippen molar-refractivity contribution in [1.29, 1.82) is 0 Å². The van der Waals surface area contributed by atoms with Crippen LogP contribution in [0, 0.1) is 0 Å². The number of carbonyl (C=O) groups is 2. The summed E-state index contributed by atoms with van der Waals surface area (Å²) in [5, 5.41) is 11.2. The van der Waals surface area contributed by atoms with Gasteiger partial charge in [0.05, 0.1) is 19.3 Å². The highest BCUT2D eigenvalue weighted by atomic mass is 16.7. The molecule has 0 fully saturated rings. The molecular weight excluding hydrogens is 400 g/mol. The molecule has 31 heavy (non-hydrogen) atoms. The first-order chi connectivity index (χ1) is 14.9. The van der Waals surface area contributed by atoms with Gasteiger partial charge in [-0.15, -0.1) is 0 Å². The SMILES string of the molecule is C=C(C)C(=O)OCOc1ccc2cc(C(=O)Oc3ccc(OC)cc3CO)ccc2c1. The molecule has 160 valence electrons. The fourth-order valence-electron chi connectivity index (χ4n) is 2.78. The van der Waals surface area contributed by atoms with Crippen LogP contribution < -0.4 is 14.2 Å². The van der Waals surface area contributed by atoms with Gasteiger partial charge in [0.2, 0.25) is 6.79 Å². The van der Waals surface area contributed by atoms with E-state index in [-0.39, 0.29) is 19.1 Å². The Hall–Kier alpha value is -3.84. The Morgan fingerprint density at radius 1 is 0.968 bits per heavy atom. The van der Waals surface area contributed by atoms with Gasteiger partial charge in [-0.25, -0.2) is 9.59 Å². The van der Waals surface area contributed by atoms with Crippen molar-refractivity contribution in [1.82, 2.24) is 0 Å². The average Bonchev–Trinajstić information content (AvgIpc) is 2.78. The summed E-state index contributed by atoms with van der Waals surface area (Å²) in [6.45, 7) is 4.54. The summed E-state index contributed by atoms with van der Waals surface area (Å²) in [6, 6.07) is 15.2. The van der Waals surface area contributed by atoms with Gasteiger partial charge in [0, 0.05) is 11.1 Å². The monoisotopic (exact) mass is 422 g/mol. The summed E-state index contributed by atoms with van der Waals surface area (Å²) in [5.41, 5.74) is 1.10. The van der Waals surface area contributed by atoms with Gasteiger partial charge in [-0.2, -0.15) is 0 Å². The van der Waals surface area contributed by atoms with Gasteiger partial charge >= 0.3 is 11.9 Å². The number of methoxy groups -OCH3 is 1. The van der Waals surface area contributed by atoms with E-state index in [2.05, 4.69) is 6.58 Å². The van der Waals surface area contributed by atoms with Crippen molar-refractivity contribution in [2.45, 2.75) is 13.5 Å². The van der Waals surface area contributed by atoms with Gasteiger partial charge < -0.3 is 24.1 Å². The Balaban J connectivity index is 1.71. The number of esters is 2. The second-order valence-electron chi connectivity index (χ2n) is 6.72. The van der Waals surface area contributed by atoms with Crippen molar-refractivity contribution in [3.05, 3.63) is 77.9 Å². The largest absolute Gasteiger partial charge is 0.497 e. The first kappa shape index (κ1) is 21.9. The Morgan fingerprint density at radius 3 is 2.39 bits per heavy atom. The van der Waals surface area contributed by atoms with Crippen LogP contribution in [0.3, 0.4) is 0 Å². The maximum Gasteiger partial charge on any atom is 0.343 e. The summed E-state index contributed by atoms with van der Waals surface area (Å²) >= 11 is 0. The zero-order chi connectivity index (χ0) is 22.4. The van der Waals surface area contributed by atoms with Gasteiger partial charge in [-0.3, -0.25) is 0 Å². The van der Waals surface area contributed by atoms with E-state index in [9.17, 15) is 14.7 Å². The molecule has 0 radical (unpaired) electrons. The minimum absolute atomic E-state index is 0.226. The lowest BCUT2D eigenvalue weighted by atomic mass is 10.1. The highest BCUT2D eigenvalue weighted by molar-refractivity contribution is 5.96. The minimum Gasteiger partial charge on any atom is -0.497 e. The summed E-state index contributed by atoms with van der Waals surface area (Å²) in [7, 11) is 1.52. The van der Waals surface area contributed by atoms with Crippen molar-refractivity contribution >= 4 is 22.7 Å². The summed E-state index contributed by atoms with van der Waals surface area (Å²) in [6.07, 6.45) is 0. The fourth-order valence-corrected chi connectivity index (χ4v) is 2.78. The summed E-state index contributed by atoms with van der Waals surface area (Å²) < 4.78 is 20.9. The molecule has 0 amide bonds. The molecule has 0 aliphatic heterocycles. The lowest BCUT2D eigenvalue weighted by molar-refractivity contribution is -0.145. The number of hydrogen-bond donors (Lipinski definition) is 1. The molecule has 0 spiro atoms. The summed E-state index contributed by atoms with van der Waals surface area (Å²) in [4.78, 5) is 24.0. The molecule has 0 unspecified atom stereocenters. The Kier molecular flexibility index (Phi) is 6.89. The van der Waals surface area contributed by atoms with E-state index in [0.29, 0.717) is 28.2 Å². The zero-order valence-corrected chi connectivity index (χ0v) is 17.2. The molecule has 1 N–H and O–H groups in total. The molecule has 0 aliphatic rings. The van der Waals surface area contributed by atoms with E-state index in [1.54, 1.807) is 61.5 Å². The van der Waals surface area contributed by atoms with Crippen LogP contribution in [0.25, 0.3) is 10.8 Å². The molecule has 0 aliphatic carbocycles. The number of benzene rings is 3. The van der Waals surface area contributed by atoms with E-state index in [4.69, 9.17) is 18.9 Å². The number of rotatable bonds is 8. The van der Waals surface area contributed by atoms with Crippen molar-refractivity contribution in [3.8, 4) is 17.2 Å².